The minimum atomic E-state index is 0.00623. The molecule has 0 aromatic heterocycles. The molecule has 1 aliphatic carbocycles. The molecular weight excluding hydrogens is 499 g/mol. The standard InChI is InChI=1S/C29H34Cl2O5/c1-5-7-11-35-28-23(30)15-19(17-25(28)33-3)13-21-9-10-22(27(21)32)14-20-16-24(31)29(26(18-20)34-4)36-12-8-6-2/h13-18H,5-12H2,1-4H3. The van der Waals surface area contributed by atoms with Crippen molar-refractivity contribution in [1.29, 1.82) is 0 Å². The van der Waals surface area contributed by atoms with Crippen LogP contribution in [0.25, 0.3) is 12.2 Å². The van der Waals surface area contributed by atoms with Gasteiger partial charge in [0.05, 0.1) is 37.5 Å². The highest BCUT2D eigenvalue weighted by atomic mass is 35.5. The zero-order valence-electron chi connectivity index (χ0n) is 21.4. The van der Waals surface area contributed by atoms with E-state index in [0.717, 1.165) is 48.0 Å². The van der Waals surface area contributed by atoms with Crippen molar-refractivity contribution in [2.24, 2.45) is 0 Å². The van der Waals surface area contributed by atoms with Gasteiger partial charge in [0, 0.05) is 11.1 Å². The van der Waals surface area contributed by atoms with E-state index in [1.165, 1.54) is 0 Å². The Labute approximate surface area is 224 Å². The molecule has 0 spiro atoms. The first-order valence-electron chi connectivity index (χ1n) is 12.4. The molecule has 0 amide bonds. The molecule has 0 unspecified atom stereocenters. The van der Waals surface area contributed by atoms with Gasteiger partial charge in [-0.3, -0.25) is 4.79 Å². The molecule has 2 aromatic carbocycles. The largest absolute Gasteiger partial charge is 0.493 e. The number of carbonyl (C=O) groups excluding carboxylic acids is 1. The molecule has 3 rings (SSSR count). The number of benzene rings is 2. The molecule has 2 aromatic rings. The van der Waals surface area contributed by atoms with Gasteiger partial charge in [-0.1, -0.05) is 49.9 Å². The van der Waals surface area contributed by atoms with Crippen molar-refractivity contribution in [3.8, 4) is 23.0 Å². The van der Waals surface area contributed by atoms with Crippen LogP contribution in [-0.2, 0) is 4.79 Å². The number of rotatable bonds is 12. The quantitative estimate of drug-likeness (QED) is 0.203. The Morgan fingerprint density at radius 2 is 1.17 bits per heavy atom. The van der Waals surface area contributed by atoms with Gasteiger partial charge in [0.2, 0.25) is 0 Å². The van der Waals surface area contributed by atoms with Crippen molar-refractivity contribution >= 4 is 41.1 Å². The predicted molar refractivity (Wildman–Crippen MR) is 147 cm³/mol. The van der Waals surface area contributed by atoms with Crippen LogP contribution in [0.4, 0.5) is 0 Å². The Morgan fingerprint density at radius 1 is 0.750 bits per heavy atom. The second-order valence-corrected chi connectivity index (χ2v) is 9.45. The van der Waals surface area contributed by atoms with Crippen molar-refractivity contribution in [2.75, 3.05) is 27.4 Å². The Balaban J connectivity index is 1.82. The molecule has 1 aliphatic rings. The second kappa shape index (κ2) is 13.6. The Bertz CT molecular complexity index is 1050. The van der Waals surface area contributed by atoms with Gasteiger partial charge in [-0.25, -0.2) is 0 Å². The summed E-state index contributed by atoms with van der Waals surface area (Å²) in [6.45, 7) is 5.34. The summed E-state index contributed by atoms with van der Waals surface area (Å²) >= 11 is 13.0. The van der Waals surface area contributed by atoms with E-state index in [1.807, 2.05) is 24.3 Å². The summed E-state index contributed by atoms with van der Waals surface area (Å²) in [6, 6.07) is 7.29. The maximum Gasteiger partial charge on any atom is 0.185 e. The minimum Gasteiger partial charge on any atom is -0.493 e. The molecule has 36 heavy (non-hydrogen) atoms. The van der Waals surface area contributed by atoms with Gasteiger partial charge in [-0.2, -0.15) is 0 Å². The summed E-state index contributed by atoms with van der Waals surface area (Å²) in [5, 5.41) is 0.919. The lowest BCUT2D eigenvalue weighted by molar-refractivity contribution is -0.111. The highest BCUT2D eigenvalue weighted by Crippen LogP contribution is 2.40. The number of Topliss-reactive ketones (excluding diaryl/α,β-unsaturated/α-hetero) is 1. The number of unbranched alkanes of at least 4 members (excludes halogenated alkanes) is 2. The van der Waals surface area contributed by atoms with Crippen LogP contribution < -0.4 is 18.9 Å². The first kappa shape index (κ1) is 27.9. The average molecular weight is 533 g/mol. The van der Waals surface area contributed by atoms with Crippen molar-refractivity contribution in [3.63, 3.8) is 0 Å². The lowest BCUT2D eigenvalue weighted by Crippen LogP contribution is -2.01. The third-order valence-electron chi connectivity index (χ3n) is 5.92. The van der Waals surface area contributed by atoms with E-state index in [0.29, 0.717) is 59.1 Å². The highest BCUT2D eigenvalue weighted by Gasteiger charge is 2.24. The smallest absolute Gasteiger partial charge is 0.185 e. The van der Waals surface area contributed by atoms with Crippen LogP contribution in [-0.4, -0.2) is 33.2 Å². The van der Waals surface area contributed by atoms with Crippen LogP contribution in [0, 0.1) is 0 Å². The van der Waals surface area contributed by atoms with Crippen LogP contribution in [0.5, 0.6) is 23.0 Å². The van der Waals surface area contributed by atoms with Crippen LogP contribution in [0.1, 0.15) is 63.5 Å². The van der Waals surface area contributed by atoms with Gasteiger partial charge < -0.3 is 18.9 Å². The fraction of sp³-hybridized carbons (Fsp3) is 0.414. The number of ether oxygens (including phenoxy) is 4. The van der Waals surface area contributed by atoms with Gasteiger partial charge in [0.25, 0.3) is 0 Å². The molecule has 0 radical (unpaired) electrons. The third kappa shape index (κ3) is 6.98. The number of hydrogen-bond donors (Lipinski definition) is 0. The maximum absolute atomic E-state index is 13.2. The lowest BCUT2D eigenvalue weighted by atomic mass is 10.1. The highest BCUT2D eigenvalue weighted by molar-refractivity contribution is 6.33. The van der Waals surface area contributed by atoms with E-state index in [9.17, 15) is 4.79 Å². The average Bonchev–Trinajstić information content (AvgIpc) is 3.19. The van der Waals surface area contributed by atoms with Crippen LogP contribution >= 0.6 is 23.2 Å². The zero-order valence-corrected chi connectivity index (χ0v) is 22.9. The summed E-state index contributed by atoms with van der Waals surface area (Å²) in [5.74, 6) is 2.16. The van der Waals surface area contributed by atoms with E-state index in [2.05, 4.69) is 13.8 Å². The van der Waals surface area contributed by atoms with Gasteiger partial charge in [0.15, 0.2) is 28.8 Å². The van der Waals surface area contributed by atoms with Crippen molar-refractivity contribution in [2.45, 2.75) is 52.4 Å². The van der Waals surface area contributed by atoms with Gasteiger partial charge in [-0.05, 0) is 73.2 Å². The number of hydrogen-bond acceptors (Lipinski definition) is 5. The van der Waals surface area contributed by atoms with Crippen LogP contribution in [0.3, 0.4) is 0 Å². The molecule has 7 heteroatoms. The van der Waals surface area contributed by atoms with Gasteiger partial charge in [-0.15, -0.1) is 0 Å². The second-order valence-electron chi connectivity index (χ2n) is 8.64. The summed E-state index contributed by atoms with van der Waals surface area (Å²) in [7, 11) is 3.16. The van der Waals surface area contributed by atoms with E-state index in [-0.39, 0.29) is 5.78 Å². The normalized spacial score (nSPS) is 15.6. The number of carbonyl (C=O) groups is 1. The Kier molecular flexibility index (Phi) is 10.6. The third-order valence-corrected chi connectivity index (χ3v) is 6.48. The van der Waals surface area contributed by atoms with Crippen LogP contribution in [0.2, 0.25) is 10.0 Å². The van der Waals surface area contributed by atoms with E-state index in [4.69, 9.17) is 42.1 Å². The number of halogens is 2. The summed E-state index contributed by atoms with van der Waals surface area (Å²) in [4.78, 5) is 13.2. The minimum absolute atomic E-state index is 0.00623. The molecule has 0 bridgehead atoms. The zero-order chi connectivity index (χ0) is 26.1. The van der Waals surface area contributed by atoms with Crippen molar-refractivity contribution in [3.05, 3.63) is 56.6 Å². The molecule has 0 saturated heterocycles. The van der Waals surface area contributed by atoms with Gasteiger partial charge in [0.1, 0.15) is 0 Å². The molecule has 0 heterocycles. The predicted octanol–water partition coefficient (Wildman–Crippen LogP) is 8.20. The molecule has 1 saturated carbocycles. The summed E-state index contributed by atoms with van der Waals surface area (Å²) in [5.41, 5.74) is 3.03. The summed E-state index contributed by atoms with van der Waals surface area (Å²) in [6.07, 6.45) is 8.93. The number of ketones is 1. The lowest BCUT2D eigenvalue weighted by Gasteiger charge is -2.13. The molecule has 0 aliphatic heterocycles. The number of allylic oxidation sites excluding steroid dienone is 2. The molecule has 0 atom stereocenters. The van der Waals surface area contributed by atoms with E-state index < -0.39 is 0 Å². The topological polar surface area (TPSA) is 54.0 Å². The maximum atomic E-state index is 13.2. The van der Waals surface area contributed by atoms with Crippen molar-refractivity contribution in [1.82, 2.24) is 0 Å². The van der Waals surface area contributed by atoms with E-state index in [1.54, 1.807) is 26.4 Å². The fourth-order valence-corrected chi connectivity index (χ4v) is 4.49. The molecular formula is C29H34Cl2O5. The fourth-order valence-electron chi connectivity index (χ4n) is 3.94. The first-order chi connectivity index (χ1) is 17.4. The molecule has 1 fully saturated rings. The van der Waals surface area contributed by atoms with Crippen LogP contribution in [0.15, 0.2) is 35.4 Å². The number of methoxy groups -OCH3 is 2. The Morgan fingerprint density at radius 3 is 1.53 bits per heavy atom. The molecule has 194 valence electrons. The molecule has 5 nitrogen and oxygen atoms in total. The first-order valence-corrected chi connectivity index (χ1v) is 13.1. The summed E-state index contributed by atoms with van der Waals surface area (Å²) < 4.78 is 22.6. The molecule has 0 N–H and O–H groups in total. The van der Waals surface area contributed by atoms with Crippen molar-refractivity contribution < 1.29 is 23.7 Å². The van der Waals surface area contributed by atoms with Gasteiger partial charge >= 0.3 is 0 Å². The SMILES string of the molecule is CCCCOc1c(Cl)cc(C=C2CCC(=Cc3cc(Cl)c(OCCCC)c(OC)c3)C2=O)cc1OC. The van der Waals surface area contributed by atoms with E-state index >= 15 is 0 Å². The Hall–Kier alpha value is -2.63. The monoisotopic (exact) mass is 532 g/mol.